The maximum absolute atomic E-state index is 12.9. The fourth-order valence-corrected chi connectivity index (χ4v) is 4.56. The molecule has 15 nitrogen and oxygen atoms in total. The summed E-state index contributed by atoms with van der Waals surface area (Å²) in [7, 11) is 0. The minimum absolute atomic E-state index is 0.164. The molecule has 2 fully saturated rings. The number of carbonyl (C=O) groups excluding carboxylic acids is 6. The molecule has 0 spiro atoms. The average molecular weight is 540 g/mol. The molecule has 0 saturated carbocycles. The molecule has 5 atom stereocenters. The maximum atomic E-state index is 12.9. The molecule has 0 aliphatic carbocycles. The van der Waals surface area contributed by atoms with Crippen LogP contribution in [0.4, 0.5) is 0 Å². The molecule has 212 valence electrons. The first-order valence-corrected chi connectivity index (χ1v) is 12.6. The van der Waals surface area contributed by atoms with Gasteiger partial charge in [0.2, 0.25) is 35.4 Å². The molecule has 2 heterocycles. The lowest BCUT2D eigenvalue weighted by Crippen LogP contribution is -2.56. The third-order valence-corrected chi connectivity index (χ3v) is 6.53. The smallest absolute Gasteiger partial charge is 0.326 e. The first-order chi connectivity index (χ1) is 17.8. The van der Waals surface area contributed by atoms with E-state index in [0.717, 1.165) is 0 Å². The summed E-state index contributed by atoms with van der Waals surface area (Å²) in [6.45, 7) is 3.03. The molecule has 0 bridgehead atoms. The molecule has 0 aromatic rings. The number of nitrogens with two attached hydrogens (primary N) is 2. The predicted octanol–water partition coefficient (Wildman–Crippen LogP) is -3.23. The first-order valence-electron chi connectivity index (χ1n) is 12.6. The summed E-state index contributed by atoms with van der Waals surface area (Å²) in [6.07, 6.45) is 1.45. The maximum Gasteiger partial charge on any atom is 0.326 e. The lowest BCUT2D eigenvalue weighted by molar-refractivity contribution is -0.149. The van der Waals surface area contributed by atoms with E-state index in [0.29, 0.717) is 32.2 Å². The average Bonchev–Trinajstić information content (AvgIpc) is 3.54. The van der Waals surface area contributed by atoms with Crippen molar-refractivity contribution in [2.45, 2.75) is 82.6 Å². The Hall–Kier alpha value is -3.75. The number of carboxylic acid groups (broad SMARTS) is 1. The normalized spacial score (nSPS) is 21.2. The van der Waals surface area contributed by atoms with Crippen LogP contribution in [0, 0.1) is 0 Å². The van der Waals surface area contributed by atoms with Crippen molar-refractivity contribution in [3.8, 4) is 0 Å². The lowest BCUT2D eigenvalue weighted by atomic mass is 10.1. The number of primary amides is 1. The fraction of sp³-hybridized carbons (Fsp3) is 0.696. The Morgan fingerprint density at radius 2 is 1.50 bits per heavy atom. The second-order valence-corrected chi connectivity index (χ2v) is 9.58. The number of hydrogen-bond donors (Lipinski definition) is 6. The standard InChI is InChI=1S/C23H37N7O8/c1-12(24)21(35)29-9-3-5-15(29)20(34)26-11-18(32)28-14(7-8-17(25)31)19(33)27-13(2)22(36)30-10-4-6-16(30)23(37)38/h12-16H,3-11,24H2,1-2H3,(H2,25,31)(H,26,34)(H,27,33)(H,28,32)(H,37,38)/t12-,13-,14-,15-,16-/m0/s1. The Morgan fingerprint density at radius 1 is 0.921 bits per heavy atom. The summed E-state index contributed by atoms with van der Waals surface area (Å²) in [5, 5.41) is 16.6. The second kappa shape index (κ2) is 13.7. The Morgan fingerprint density at radius 3 is 2.05 bits per heavy atom. The molecule has 2 saturated heterocycles. The van der Waals surface area contributed by atoms with Crippen LogP contribution >= 0.6 is 0 Å². The van der Waals surface area contributed by atoms with Crippen LogP contribution in [0.25, 0.3) is 0 Å². The molecular formula is C23H37N7O8. The number of hydrogen-bond acceptors (Lipinski definition) is 8. The first kappa shape index (κ1) is 30.5. The van der Waals surface area contributed by atoms with E-state index < -0.39 is 72.3 Å². The SMILES string of the molecule is C[C@H](N)C(=O)N1CCC[C@H]1C(=O)NCC(=O)N[C@@H](CCC(N)=O)C(=O)N[C@@H](C)C(=O)N1CCC[C@H]1C(=O)O. The highest BCUT2D eigenvalue weighted by Gasteiger charge is 2.37. The minimum Gasteiger partial charge on any atom is -0.480 e. The molecule has 2 aliphatic heterocycles. The monoisotopic (exact) mass is 539 g/mol. The topological polar surface area (TPSA) is 234 Å². The fourth-order valence-electron chi connectivity index (χ4n) is 4.56. The van der Waals surface area contributed by atoms with Gasteiger partial charge in [-0.05, 0) is 46.0 Å². The quantitative estimate of drug-likeness (QED) is 0.146. The van der Waals surface area contributed by atoms with Crippen LogP contribution in [0.2, 0.25) is 0 Å². The van der Waals surface area contributed by atoms with E-state index in [9.17, 15) is 38.7 Å². The Labute approximate surface area is 220 Å². The van der Waals surface area contributed by atoms with Crippen LogP contribution in [0.1, 0.15) is 52.4 Å². The van der Waals surface area contributed by atoms with Gasteiger partial charge in [-0.2, -0.15) is 0 Å². The zero-order chi connectivity index (χ0) is 28.6. The zero-order valence-corrected chi connectivity index (χ0v) is 21.6. The summed E-state index contributed by atoms with van der Waals surface area (Å²) in [5.41, 5.74) is 10.8. The molecule has 2 aliphatic rings. The van der Waals surface area contributed by atoms with E-state index in [1.165, 1.54) is 23.6 Å². The van der Waals surface area contributed by atoms with Gasteiger partial charge in [-0.3, -0.25) is 28.8 Å². The van der Waals surface area contributed by atoms with Crippen LogP contribution in [0.5, 0.6) is 0 Å². The van der Waals surface area contributed by atoms with E-state index in [4.69, 9.17) is 11.5 Å². The van der Waals surface area contributed by atoms with Crippen molar-refractivity contribution >= 4 is 41.4 Å². The van der Waals surface area contributed by atoms with Gasteiger partial charge in [-0.1, -0.05) is 0 Å². The largest absolute Gasteiger partial charge is 0.480 e. The second-order valence-electron chi connectivity index (χ2n) is 9.58. The van der Waals surface area contributed by atoms with Crippen LogP contribution in [-0.2, 0) is 33.6 Å². The summed E-state index contributed by atoms with van der Waals surface area (Å²) in [4.78, 5) is 88.1. The molecule has 0 unspecified atom stereocenters. The molecule has 2 rings (SSSR count). The summed E-state index contributed by atoms with van der Waals surface area (Å²) < 4.78 is 0. The van der Waals surface area contributed by atoms with Crippen molar-refractivity contribution in [1.82, 2.24) is 25.8 Å². The molecule has 15 heteroatoms. The van der Waals surface area contributed by atoms with Gasteiger partial charge in [-0.15, -0.1) is 0 Å². The van der Waals surface area contributed by atoms with Crippen molar-refractivity contribution in [2.75, 3.05) is 19.6 Å². The van der Waals surface area contributed by atoms with Gasteiger partial charge < -0.3 is 42.3 Å². The highest BCUT2D eigenvalue weighted by atomic mass is 16.4. The van der Waals surface area contributed by atoms with Crippen molar-refractivity contribution in [2.24, 2.45) is 11.5 Å². The van der Waals surface area contributed by atoms with Gasteiger partial charge in [0.25, 0.3) is 0 Å². The van der Waals surface area contributed by atoms with Crippen molar-refractivity contribution in [3.05, 3.63) is 0 Å². The molecule has 38 heavy (non-hydrogen) atoms. The summed E-state index contributed by atoms with van der Waals surface area (Å²) in [5.74, 6) is -4.86. The minimum atomic E-state index is -1.25. The number of nitrogens with zero attached hydrogens (tertiary/aromatic N) is 2. The molecule has 0 aromatic carbocycles. The Bertz CT molecular complexity index is 956. The van der Waals surface area contributed by atoms with Gasteiger partial charge in [0.05, 0.1) is 12.6 Å². The van der Waals surface area contributed by atoms with E-state index in [-0.39, 0.29) is 25.3 Å². The van der Waals surface area contributed by atoms with E-state index >= 15 is 0 Å². The number of rotatable bonds is 12. The molecular weight excluding hydrogens is 502 g/mol. The number of nitrogens with one attached hydrogen (secondary N) is 3. The summed E-state index contributed by atoms with van der Waals surface area (Å²) in [6, 6.07) is -4.85. The van der Waals surface area contributed by atoms with Crippen molar-refractivity contribution in [3.63, 3.8) is 0 Å². The number of amides is 6. The number of carboxylic acids is 1. The third kappa shape index (κ3) is 8.13. The van der Waals surface area contributed by atoms with E-state index in [2.05, 4.69) is 16.0 Å². The molecule has 0 radical (unpaired) electrons. The van der Waals surface area contributed by atoms with Gasteiger partial charge in [0.1, 0.15) is 24.2 Å². The number of carbonyl (C=O) groups is 7. The predicted molar refractivity (Wildman–Crippen MR) is 132 cm³/mol. The van der Waals surface area contributed by atoms with Gasteiger partial charge in [0, 0.05) is 19.5 Å². The van der Waals surface area contributed by atoms with Gasteiger partial charge in [0.15, 0.2) is 0 Å². The molecule has 0 aromatic heterocycles. The lowest BCUT2D eigenvalue weighted by Gasteiger charge is -2.27. The van der Waals surface area contributed by atoms with Crippen LogP contribution < -0.4 is 27.4 Å². The van der Waals surface area contributed by atoms with Gasteiger partial charge >= 0.3 is 5.97 Å². The van der Waals surface area contributed by atoms with E-state index in [1.807, 2.05) is 0 Å². The highest BCUT2D eigenvalue weighted by Crippen LogP contribution is 2.19. The molecule has 8 N–H and O–H groups in total. The molecule has 6 amide bonds. The number of likely N-dealkylation sites (tertiary alicyclic amines) is 2. The van der Waals surface area contributed by atoms with E-state index in [1.54, 1.807) is 0 Å². The third-order valence-electron chi connectivity index (χ3n) is 6.53. The zero-order valence-electron chi connectivity index (χ0n) is 21.6. The van der Waals surface area contributed by atoms with Gasteiger partial charge in [-0.25, -0.2) is 4.79 Å². The van der Waals surface area contributed by atoms with Crippen molar-refractivity contribution in [1.29, 1.82) is 0 Å². The van der Waals surface area contributed by atoms with Crippen LogP contribution in [0.15, 0.2) is 0 Å². The Kier molecular flexibility index (Phi) is 11.0. The Balaban J connectivity index is 1.96. The van der Waals surface area contributed by atoms with Crippen LogP contribution in [0.3, 0.4) is 0 Å². The van der Waals surface area contributed by atoms with Crippen LogP contribution in [-0.4, -0.2) is 106 Å². The summed E-state index contributed by atoms with van der Waals surface area (Å²) >= 11 is 0. The number of aliphatic carboxylic acids is 1. The van der Waals surface area contributed by atoms with Crippen molar-refractivity contribution < 1.29 is 38.7 Å². The highest BCUT2D eigenvalue weighted by molar-refractivity contribution is 5.95.